The molecule has 2 amide bonds. The zero-order valence-corrected chi connectivity index (χ0v) is 14.4. The second kappa shape index (κ2) is 7.38. The largest absolute Gasteiger partial charge is 0.482 e. The van der Waals surface area contributed by atoms with Crippen LogP contribution in [0.1, 0.15) is 43.4 Å². The molecule has 5 heteroatoms. The second-order valence-corrected chi connectivity index (χ2v) is 6.19. The number of carbonyl (C=O) groups excluding carboxylic acids is 2. The highest BCUT2D eigenvalue weighted by Crippen LogP contribution is 2.31. The Labute approximate surface area is 147 Å². The van der Waals surface area contributed by atoms with Gasteiger partial charge in [-0.1, -0.05) is 43.3 Å². The molecule has 5 nitrogen and oxygen atoms in total. The van der Waals surface area contributed by atoms with Crippen LogP contribution in [-0.4, -0.2) is 18.4 Å². The number of nitrogens with one attached hydrogen (secondary N) is 2. The van der Waals surface area contributed by atoms with E-state index in [0.717, 1.165) is 17.5 Å². The van der Waals surface area contributed by atoms with Gasteiger partial charge in [-0.2, -0.15) is 0 Å². The summed E-state index contributed by atoms with van der Waals surface area (Å²) >= 11 is 0. The molecule has 1 aliphatic heterocycles. The quantitative estimate of drug-likeness (QED) is 0.878. The first kappa shape index (κ1) is 17.0. The van der Waals surface area contributed by atoms with Crippen LogP contribution in [0.3, 0.4) is 0 Å². The fourth-order valence-corrected chi connectivity index (χ4v) is 3.03. The van der Waals surface area contributed by atoms with Crippen molar-refractivity contribution in [1.29, 1.82) is 0 Å². The van der Waals surface area contributed by atoms with Gasteiger partial charge in [-0.15, -0.1) is 0 Å². The lowest BCUT2D eigenvalue weighted by Gasteiger charge is -2.22. The van der Waals surface area contributed by atoms with Gasteiger partial charge in [0.2, 0.25) is 5.91 Å². The highest BCUT2D eigenvalue weighted by atomic mass is 16.5. The lowest BCUT2D eigenvalue weighted by Crippen LogP contribution is -2.31. The minimum absolute atomic E-state index is 0.000735. The standard InChI is InChI=1S/C20H22N2O3/c1-3-16(14-7-5-4-6-8-14)20(24)21-13(2)15-9-10-18-17(11-15)22-19(23)12-25-18/h4-11,13,16H,3,12H2,1-2H3,(H,21,24)(H,22,23). The van der Waals surface area contributed by atoms with Crippen LogP contribution in [0.15, 0.2) is 48.5 Å². The Morgan fingerprint density at radius 3 is 2.68 bits per heavy atom. The molecular formula is C20H22N2O3. The van der Waals surface area contributed by atoms with Gasteiger partial charge in [-0.3, -0.25) is 9.59 Å². The number of ether oxygens (including phenoxy) is 1. The van der Waals surface area contributed by atoms with Crippen molar-refractivity contribution >= 4 is 17.5 Å². The Bertz CT molecular complexity index is 774. The van der Waals surface area contributed by atoms with E-state index in [1.54, 1.807) is 0 Å². The third kappa shape index (κ3) is 3.82. The Morgan fingerprint density at radius 1 is 1.20 bits per heavy atom. The van der Waals surface area contributed by atoms with E-state index < -0.39 is 0 Å². The molecule has 2 atom stereocenters. The van der Waals surface area contributed by atoms with E-state index in [1.165, 1.54) is 0 Å². The normalized spacial score (nSPS) is 15.4. The molecule has 0 aliphatic carbocycles. The van der Waals surface area contributed by atoms with Gasteiger partial charge in [0.1, 0.15) is 5.75 Å². The summed E-state index contributed by atoms with van der Waals surface area (Å²) in [4.78, 5) is 24.2. The third-order valence-electron chi connectivity index (χ3n) is 4.42. The molecule has 0 spiro atoms. The van der Waals surface area contributed by atoms with Crippen molar-refractivity contribution < 1.29 is 14.3 Å². The summed E-state index contributed by atoms with van der Waals surface area (Å²) in [6.07, 6.45) is 0.733. The lowest BCUT2D eigenvalue weighted by molar-refractivity contribution is -0.123. The molecule has 2 aromatic carbocycles. The first-order valence-corrected chi connectivity index (χ1v) is 8.50. The average molecular weight is 338 g/mol. The van der Waals surface area contributed by atoms with E-state index in [-0.39, 0.29) is 30.4 Å². The number of benzene rings is 2. The van der Waals surface area contributed by atoms with E-state index in [4.69, 9.17) is 4.74 Å². The molecule has 0 bridgehead atoms. The smallest absolute Gasteiger partial charge is 0.262 e. The topological polar surface area (TPSA) is 67.4 Å². The fraction of sp³-hybridized carbons (Fsp3) is 0.300. The summed E-state index contributed by atoms with van der Waals surface area (Å²) in [5, 5.41) is 5.86. The summed E-state index contributed by atoms with van der Waals surface area (Å²) in [6, 6.07) is 15.2. The van der Waals surface area contributed by atoms with E-state index in [1.807, 2.05) is 62.4 Å². The van der Waals surface area contributed by atoms with Crippen molar-refractivity contribution in [3.05, 3.63) is 59.7 Å². The minimum atomic E-state index is -0.177. The van der Waals surface area contributed by atoms with Gasteiger partial charge < -0.3 is 15.4 Å². The maximum absolute atomic E-state index is 12.7. The number of rotatable bonds is 5. The van der Waals surface area contributed by atoms with Gasteiger partial charge in [-0.05, 0) is 36.6 Å². The molecule has 1 aliphatic rings. The lowest BCUT2D eigenvalue weighted by atomic mass is 9.95. The Morgan fingerprint density at radius 2 is 1.96 bits per heavy atom. The van der Waals surface area contributed by atoms with Crippen molar-refractivity contribution in [3.8, 4) is 5.75 Å². The van der Waals surface area contributed by atoms with Crippen LogP contribution in [0.5, 0.6) is 5.75 Å². The molecule has 0 aromatic heterocycles. The van der Waals surface area contributed by atoms with Gasteiger partial charge in [0, 0.05) is 0 Å². The maximum atomic E-state index is 12.7. The van der Waals surface area contributed by atoms with Crippen molar-refractivity contribution in [2.75, 3.05) is 11.9 Å². The van der Waals surface area contributed by atoms with Crippen LogP contribution in [0.25, 0.3) is 0 Å². The van der Waals surface area contributed by atoms with E-state index in [9.17, 15) is 9.59 Å². The maximum Gasteiger partial charge on any atom is 0.262 e. The summed E-state index contributed by atoms with van der Waals surface area (Å²) < 4.78 is 5.37. The van der Waals surface area contributed by atoms with Crippen LogP contribution in [0.4, 0.5) is 5.69 Å². The number of carbonyl (C=O) groups is 2. The highest BCUT2D eigenvalue weighted by molar-refractivity contribution is 5.95. The second-order valence-electron chi connectivity index (χ2n) is 6.19. The molecule has 2 N–H and O–H groups in total. The molecule has 1 heterocycles. The SMILES string of the molecule is CCC(C(=O)NC(C)c1ccc2c(c1)NC(=O)CO2)c1ccccc1. The van der Waals surface area contributed by atoms with Gasteiger partial charge in [0.15, 0.2) is 6.61 Å². The molecule has 2 unspecified atom stereocenters. The number of hydrogen-bond donors (Lipinski definition) is 2. The molecule has 0 fully saturated rings. The number of amides is 2. The van der Waals surface area contributed by atoms with Crippen molar-refractivity contribution in [1.82, 2.24) is 5.32 Å². The molecule has 130 valence electrons. The summed E-state index contributed by atoms with van der Waals surface area (Å²) in [5.74, 6) is 0.303. The average Bonchev–Trinajstić information content (AvgIpc) is 2.62. The van der Waals surface area contributed by atoms with Crippen molar-refractivity contribution in [2.24, 2.45) is 0 Å². The Kier molecular flexibility index (Phi) is 5.03. The van der Waals surface area contributed by atoms with Crippen LogP contribution in [-0.2, 0) is 9.59 Å². The van der Waals surface area contributed by atoms with E-state index in [0.29, 0.717) is 11.4 Å². The van der Waals surface area contributed by atoms with Gasteiger partial charge in [0.25, 0.3) is 5.91 Å². The van der Waals surface area contributed by atoms with Crippen molar-refractivity contribution in [2.45, 2.75) is 32.2 Å². The van der Waals surface area contributed by atoms with Crippen LogP contribution >= 0.6 is 0 Å². The first-order valence-electron chi connectivity index (χ1n) is 8.50. The number of anilines is 1. The minimum Gasteiger partial charge on any atom is -0.482 e. The molecule has 3 rings (SSSR count). The van der Waals surface area contributed by atoms with Gasteiger partial charge >= 0.3 is 0 Å². The van der Waals surface area contributed by atoms with Gasteiger partial charge in [0.05, 0.1) is 17.6 Å². The van der Waals surface area contributed by atoms with Crippen molar-refractivity contribution in [3.63, 3.8) is 0 Å². The zero-order valence-electron chi connectivity index (χ0n) is 14.4. The number of hydrogen-bond acceptors (Lipinski definition) is 3. The molecule has 0 radical (unpaired) electrons. The fourth-order valence-electron chi connectivity index (χ4n) is 3.03. The summed E-state index contributed by atoms with van der Waals surface area (Å²) in [7, 11) is 0. The predicted octanol–water partition coefficient (Wildman–Crippen LogP) is 3.39. The Hall–Kier alpha value is -2.82. The molecule has 25 heavy (non-hydrogen) atoms. The van der Waals surface area contributed by atoms with Gasteiger partial charge in [-0.25, -0.2) is 0 Å². The molecule has 0 saturated heterocycles. The third-order valence-corrected chi connectivity index (χ3v) is 4.42. The first-order chi connectivity index (χ1) is 12.1. The molecular weight excluding hydrogens is 316 g/mol. The summed E-state index contributed by atoms with van der Waals surface area (Å²) in [6.45, 7) is 3.98. The van der Waals surface area contributed by atoms with E-state index >= 15 is 0 Å². The monoisotopic (exact) mass is 338 g/mol. The number of fused-ring (bicyclic) bond motifs is 1. The Balaban J connectivity index is 1.73. The molecule has 2 aromatic rings. The zero-order chi connectivity index (χ0) is 17.8. The highest BCUT2D eigenvalue weighted by Gasteiger charge is 2.22. The van der Waals surface area contributed by atoms with Crippen LogP contribution in [0, 0.1) is 0 Å². The van der Waals surface area contributed by atoms with E-state index in [2.05, 4.69) is 10.6 Å². The summed E-state index contributed by atoms with van der Waals surface area (Å²) in [5.41, 5.74) is 2.58. The predicted molar refractivity (Wildman–Crippen MR) is 96.6 cm³/mol. The molecule has 0 saturated carbocycles. The van der Waals surface area contributed by atoms with Crippen LogP contribution in [0.2, 0.25) is 0 Å². The van der Waals surface area contributed by atoms with Crippen LogP contribution < -0.4 is 15.4 Å².